The van der Waals surface area contributed by atoms with Crippen molar-refractivity contribution in [1.29, 1.82) is 0 Å². The Labute approximate surface area is 356 Å². The number of nitrogens with one attached hydrogen (secondary N) is 1. The summed E-state index contributed by atoms with van der Waals surface area (Å²) < 4.78 is 33.2. The first-order valence-corrected chi connectivity index (χ1v) is 25.4. The van der Waals surface area contributed by atoms with Gasteiger partial charge in [-0.05, 0) is 52.0 Å². The van der Waals surface area contributed by atoms with Crippen molar-refractivity contribution in [2.75, 3.05) is 33.4 Å². The molecule has 0 aromatic carbocycles. The van der Waals surface area contributed by atoms with Crippen LogP contribution in [-0.4, -0.2) is 56.3 Å². The number of phosphoric acid groups is 1. The van der Waals surface area contributed by atoms with Crippen molar-refractivity contribution in [1.82, 2.24) is 5.32 Å². The molecule has 2 unspecified atom stereocenters. The van der Waals surface area contributed by atoms with Gasteiger partial charge in [0.1, 0.15) is 6.61 Å². The highest BCUT2D eigenvalue weighted by molar-refractivity contribution is 7.47. The van der Waals surface area contributed by atoms with Crippen LogP contribution in [0.25, 0.3) is 0 Å². The Morgan fingerprint density at radius 1 is 0.534 bits per heavy atom. The maximum Gasteiger partial charge on any atom is 0.472 e. The van der Waals surface area contributed by atoms with Crippen LogP contribution in [0.4, 0.5) is 0 Å². The van der Waals surface area contributed by atoms with Crippen molar-refractivity contribution in [2.45, 2.75) is 225 Å². The highest BCUT2D eigenvalue weighted by atomic mass is 31.2. The second-order valence-corrected chi connectivity index (χ2v) is 17.4. The minimum atomic E-state index is -4.36. The Hall–Kier alpha value is -1.77. The van der Waals surface area contributed by atoms with Crippen LogP contribution in [0.3, 0.4) is 0 Å². The van der Waals surface area contributed by atoms with E-state index in [2.05, 4.69) is 55.6 Å². The summed E-state index contributed by atoms with van der Waals surface area (Å²) >= 11 is 0. The molecule has 2 N–H and O–H groups in total. The van der Waals surface area contributed by atoms with Crippen LogP contribution >= 0.6 is 7.82 Å². The summed E-state index contributed by atoms with van der Waals surface area (Å²) in [4.78, 5) is 35.1. The molecular weight excluding hydrogens is 750 g/mol. The molecule has 0 aromatic heterocycles. The third-order valence-electron chi connectivity index (χ3n) is 10.3. The predicted molar refractivity (Wildman–Crippen MR) is 243 cm³/mol. The van der Waals surface area contributed by atoms with Crippen LogP contribution in [0.2, 0.25) is 0 Å². The summed E-state index contributed by atoms with van der Waals surface area (Å²) in [5.41, 5.74) is 0. The second kappa shape index (κ2) is 44.8. The Balaban J connectivity index is 4.21. The van der Waals surface area contributed by atoms with Crippen LogP contribution in [0.5, 0.6) is 0 Å². The maximum absolute atomic E-state index is 12.7. The Kier molecular flexibility index (Phi) is 43.4. The lowest BCUT2D eigenvalue weighted by molar-refractivity contribution is -0.161. The molecule has 58 heavy (non-hydrogen) atoms. The molecule has 340 valence electrons. The molecule has 10 heteroatoms. The van der Waals surface area contributed by atoms with Gasteiger partial charge in [0.25, 0.3) is 0 Å². The van der Waals surface area contributed by atoms with E-state index in [0.717, 1.165) is 32.1 Å². The molecule has 0 bridgehead atoms. The van der Waals surface area contributed by atoms with E-state index in [4.69, 9.17) is 18.5 Å². The van der Waals surface area contributed by atoms with E-state index < -0.39 is 32.5 Å². The van der Waals surface area contributed by atoms with Gasteiger partial charge in [-0.1, -0.05) is 198 Å². The van der Waals surface area contributed by atoms with Crippen molar-refractivity contribution in [3.05, 3.63) is 36.5 Å². The zero-order chi connectivity index (χ0) is 42.5. The molecule has 9 nitrogen and oxygen atoms in total. The molecule has 0 aromatic rings. The first-order valence-electron chi connectivity index (χ1n) is 23.9. The van der Waals surface area contributed by atoms with Crippen molar-refractivity contribution < 1.29 is 37.6 Å². The lowest BCUT2D eigenvalue weighted by Gasteiger charge is -2.20. The maximum atomic E-state index is 12.7. The SMILES string of the molecule is CCCCCCCC/C=C\C/C=C\C/C=C\CCCC(=O)OCC(COP(=O)(O)OCCNC)OC(=O)CCCCCCCCCCCCCCCCCCCCC. The number of carbonyl (C=O) groups excluding carboxylic acids is 2. The minimum Gasteiger partial charge on any atom is -0.462 e. The summed E-state index contributed by atoms with van der Waals surface area (Å²) in [7, 11) is -2.66. The average Bonchev–Trinajstić information content (AvgIpc) is 3.21. The molecule has 0 saturated heterocycles. The van der Waals surface area contributed by atoms with Gasteiger partial charge < -0.3 is 19.7 Å². The summed E-state index contributed by atoms with van der Waals surface area (Å²) in [5, 5.41) is 2.82. The van der Waals surface area contributed by atoms with Crippen LogP contribution in [-0.2, 0) is 32.7 Å². The van der Waals surface area contributed by atoms with Crippen LogP contribution in [0.1, 0.15) is 219 Å². The largest absolute Gasteiger partial charge is 0.472 e. The van der Waals surface area contributed by atoms with E-state index >= 15 is 0 Å². The fourth-order valence-electron chi connectivity index (χ4n) is 6.63. The molecule has 0 heterocycles. The number of ether oxygens (including phenoxy) is 2. The van der Waals surface area contributed by atoms with Crippen molar-refractivity contribution >= 4 is 19.8 Å². The third-order valence-corrected chi connectivity index (χ3v) is 11.2. The number of likely N-dealkylation sites (N-methyl/N-ethyl adjacent to an activating group) is 1. The number of allylic oxidation sites excluding steroid dienone is 6. The van der Waals surface area contributed by atoms with Gasteiger partial charge in [0, 0.05) is 19.4 Å². The van der Waals surface area contributed by atoms with E-state index in [1.165, 1.54) is 148 Å². The normalized spacial score (nSPS) is 13.5. The standard InChI is InChI=1S/C48H90NO8P/c1-4-6-8-10-12-14-16-18-20-22-23-25-27-29-31-33-35-37-39-41-48(51)57-46(45-56-58(52,53)55-43-42-49-3)44-54-47(50)40-38-36-34-32-30-28-26-24-21-19-17-15-13-11-9-7-5-2/h19,21,26,28,32,34,46,49H,4-18,20,22-25,27,29-31,33,35-45H2,1-3H3,(H,52,53)/b21-19-,28-26-,34-32-. The first kappa shape index (κ1) is 56.2. The molecule has 0 spiro atoms. The van der Waals surface area contributed by atoms with Crippen LogP contribution < -0.4 is 5.32 Å². The molecule has 0 aliphatic rings. The van der Waals surface area contributed by atoms with E-state index in [0.29, 0.717) is 19.4 Å². The van der Waals surface area contributed by atoms with Crippen molar-refractivity contribution in [3.63, 3.8) is 0 Å². The van der Waals surface area contributed by atoms with E-state index in [1.54, 1.807) is 7.05 Å². The zero-order valence-corrected chi connectivity index (χ0v) is 38.6. The van der Waals surface area contributed by atoms with Gasteiger partial charge >= 0.3 is 19.8 Å². The van der Waals surface area contributed by atoms with Gasteiger partial charge in [0.05, 0.1) is 13.2 Å². The van der Waals surface area contributed by atoms with Crippen LogP contribution in [0.15, 0.2) is 36.5 Å². The molecule has 2 atom stereocenters. The number of hydrogen-bond acceptors (Lipinski definition) is 8. The Bertz CT molecular complexity index is 1050. The molecule has 0 saturated carbocycles. The van der Waals surface area contributed by atoms with Crippen molar-refractivity contribution in [2.24, 2.45) is 0 Å². The highest BCUT2D eigenvalue weighted by Gasteiger charge is 2.26. The van der Waals surface area contributed by atoms with Gasteiger partial charge in [0.2, 0.25) is 0 Å². The summed E-state index contributed by atoms with van der Waals surface area (Å²) in [6, 6.07) is 0. The number of unbranched alkanes of at least 4 members (excludes halogenated alkanes) is 25. The fraction of sp³-hybridized carbons (Fsp3) is 0.833. The number of esters is 2. The molecule has 0 radical (unpaired) electrons. The lowest BCUT2D eigenvalue weighted by Crippen LogP contribution is -2.29. The van der Waals surface area contributed by atoms with Crippen LogP contribution in [0, 0.1) is 0 Å². The number of phosphoric ester groups is 1. The van der Waals surface area contributed by atoms with E-state index in [9.17, 15) is 19.0 Å². The average molecular weight is 840 g/mol. The molecule has 0 aliphatic heterocycles. The predicted octanol–water partition coefficient (Wildman–Crippen LogP) is 14.0. The lowest BCUT2D eigenvalue weighted by atomic mass is 10.0. The molecule has 0 fully saturated rings. The topological polar surface area (TPSA) is 120 Å². The monoisotopic (exact) mass is 840 g/mol. The Morgan fingerprint density at radius 3 is 1.43 bits per heavy atom. The smallest absolute Gasteiger partial charge is 0.462 e. The molecular formula is C48H90NO8P. The summed E-state index contributed by atoms with van der Waals surface area (Å²) in [5.74, 6) is -0.859. The van der Waals surface area contributed by atoms with Gasteiger partial charge in [-0.3, -0.25) is 18.6 Å². The van der Waals surface area contributed by atoms with Gasteiger partial charge in [-0.15, -0.1) is 0 Å². The summed E-state index contributed by atoms with van der Waals surface area (Å²) in [6.07, 6.45) is 49.1. The second-order valence-electron chi connectivity index (χ2n) is 15.9. The number of rotatable bonds is 45. The third kappa shape index (κ3) is 43.8. The van der Waals surface area contributed by atoms with E-state index in [1.807, 2.05) is 0 Å². The fourth-order valence-corrected chi connectivity index (χ4v) is 7.38. The van der Waals surface area contributed by atoms with E-state index in [-0.39, 0.29) is 26.1 Å². The van der Waals surface area contributed by atoms with Gasteiger partial charge in [-0.25, -0.2) is 4.57 Å². The molecule has 0 amide bonds. The first-order chi connectivity index (χ1) is 28.3. The quantitative estimate of drug-likeness (QED) is 0.0267. The summed E-state index contributed by atoms with van der Waals surface area (Å²) in [6.45, 7) is 4.19. The highest BCUT2D eigenvalue weighted by Crippen LogP contribution is 2.43. The number of hydrogen-bond donors (Lipinski definition) is 2. The van der Waals surface area contributed by atoms with Gasteiger partial charge in [-0.2, -0.15) is 0 Å². The molecule has 0 rings (SSSR count). The molecule has 0 aliphatic carbocycles. The minimum absolute atomic E-state index is 0.0233. The number of carbonyl (C=O) groups is 2. The zero-order valence-electron chi connectivity index (χ0n) is 37.7. The van der Waals surface area contributed by atoms with Gasteiger partial charge in [0.15, 0.2) is 6.10 Å². The Morgan fingerprint density at radius 2 is 0.948 bits per heavy atom. The van der Waals surface area contributed by atoms with Crippen molar-refractivity contribution in [3.8, 4) is 0 Å².